The van der Waals surface area contributed by atoms with Gasteiger partial charge in [-0.25, -0.2) is 4.98 Å². The van der Waals surface area contributed by atoms with Crippen LogP contribution in [0.1, 0.15) is 61.7 Å². The third-order valence-corrected chi connectivity index (χ3v) is 4.24. The Labute approximate surface area is 120 Å². The quantitative estimate of drug-likeness (QED) is 0.890. The molecule has 1 fully saturated rings. The topological polar surface area (TPSA) is 41.6 Å². The fourth-order valence-corrected chi connectivity index (χ4v) is 3.07. The first-order chi connectivity index (χ1) is 9.92. The number of hydrogen-bond donors (Lipinski definition) is 1. The maximum absolute atomic E-state index is 4.70. The van der Waals surface area contributed by atoms with Crippen molar-refractivity contribution < 1.29 is 0 Å². The molecular weight excluding hydrogens is 246 g/mol. The SMILES string of the molecule is c1ccc(CCCc2nc(C3CCCCC3)n[nH]2)cc1. The zero-order valence-electron chi connectivity index (χ0n) is 12.0. The molecule has 0 amide bonds. The van der Waals surface area contributed by atoms with Gasteiger partial charge in [-0.2, -0.15) is 5.10 Å². The van der Waals surface area contributed by atoms with Crippen molar-refractivity contribution in [1.29, 1.82) is 0 Å². The second kappa shape index (κ2) is 6.69. The van der Waals surface area contributed by atoms with Crippen LogP contribution < -0.4 is 0 Å². The molecule has 0 atom stereocenters. The van der Waals surface area contributed by atoms with E-state index in [1.807, 2.05) is 0 Å². The van der Waals surface area contributed by atoms with Crippen LogP contribution in [0.5, 0.6) is 0 Å². The Hall–Kier alpha value is -1.64. The number of benzene rings is 1. The van der Waals surface area contributed by atoms with E-state index in [9.17, 15) is 0 Å². The summed E-state index contributed by atoms with van der Waals surface area (Å²) in [4.78, 5) is 4.70. The van der Waals surface area contributed by atoms with Gasteiger partial charge in [0.25, 0.3) is 0 Å². The molecule has 1 aliphatic rings. The van der Waals surface area contributed by atoms with Crippen molar-refractivity contribution in [1.82, 2.24) is 15.2 Å². The first kappa shape index (κ1) is 13.3. The predicted molar refractivity (Wildman–Crippen MR) is 80.7 cm³/mol. The largest absolute Gasteiger partial charge is 0.263 e. The average molecular weight is 269 g/mol. The summed E-state index contributed by atoms with van der Waals surface area (Å²) in [6.07, 6.45) is 9.82. The number of hydrogen-bond acceptors (Lipinski definition) is 2. The lowest BCUT2D eigenvalue weighted by Gasteiger charge is -2.17. The lowest BCUT2D eigenvalue weighted by Crippen LogP contribution is -2.06. The van der Waals surface area contributed by atoms with Crippen LogP contribution in [0, 0.1) is 0 Å². The molecule has 1 heterocycles. The predicted octanol–water partition coefficient (Wildman–Crippen LogP) is 4.03. The standard InChI is InChI=1S/C17H23N3/c1-3-8-14(9-4-1)10-7-13-16-18-17(20-19-16)15-11-5-2-6-12-15/h1,3-4,8-9,15H,2,5-7,10-13H2,(H,18,19,20). The summed E-state index contributed by atoms with van der Waals surface area (Å²) in [5.41, 5.74) is 1.40. The molecule has 1 saturated carbocycles. The van der Waals surface area contributed by atoms with Gasteiger partial charge in [0.15, 0.2) is 5.82 Å². The minimum absolute atomic E-state index is 0.600. The van der Waals surface area contributed by atoms with Crippen molar-refractivity contribution in [2.75, 3.05) is 0 Å². The molecular formula is C17H23N3. The Morgan fingerprint density at radius 2 is 1.80 bits per heavy atom. The lowest BCUT2D eigenvalue weighted by atomic mass is 9.89. The van der Waals surface area contributed by atoms with Crippen LogP contribution in [-0.2, 0) is 12.8 Å². The molecule has 0 aliphatic heterocycles. The zero-order chi connectivity index (χ0) is 13.6. The van der Waals surface area contributed by atoms with E-state index in [2.05, 4.69) is 40.5 Å². The molecule has 0 spiro atoms. The molecule has 2 aromatic rings. The van der Waals surface area contributed by atoms with Gasteiger partial charge in [-0.05, 0) is 31.2 Å². The monoisotopic (exact) mass is 269 g/mol. The molecule has 3 nitrogen and oxygen atoms in total. The summed E-state index contributed by atoms with van der Waals surface area (Å²) in [6.45, 7) is 0. The van der Waals surface area contributed by atoms with Gasteiger partial charge in [0.2, 0.25) is 0 Å². The molecule has 1 aromatic carbocycles. The van der Waals surface area contributed by atoms with E-state index in [4.69, 9.17) is 4.98 Å². The minimum atomic E-state index is 0.600. The fourth-order valence-electron chi connectivity index (χ4n) is 3.07. The summed E-state index contributed by atoms with van der Waals surface area (Å²) in [5.74, 6) is 2.71. The number of aromatic amines is 1. The first-order valence-electron chi connectivity index (χ1n) is 7.87. The van der Waals surface area contributed by atoms with E-state index in [1.165, 1.54) is 37.7 Å². The highest BCUT2D eigenvalue weighted by atomic mass is 15.2. The molecule has 0 saturated heterocycles. The van der Waals surface area contributed by atoms with E-state index in [1.54, 1.807) is 0 Å². The van der Waals surface area contributed by atoms with Crippen molar-refractivity contribution >= 4 is 0 Å². The van der Waals surface area contributed by atoms with Gasteiger partial charge < -0.3 is 0 Å². The first-order valence-corrected chi connectivity index (χ1v) is 7.87. The maximum Gasteiger partial charge on any atom is 0.153 e. The molecule has 1 aromatic heterocycles. The van der Waals surface area contributed by atoms with Gasteiger partial charge in [0, 0.05) is 12.3 Å². The van der Waals surface area contributed by atoms with Crippen LogP contribution in [0.4, 0.5) is 0 Å². The second-order valence-corrected chi connectivity index (χ2v) is 5.81. The molecule has 0 bridgehead atoms. The number of aryl methyl sites for hydroxylation is 2. The second-order valence-electron chi connectivity index (χ2n) is 5.81. The van der Waals surface area contributed by atoms with Crippen molar-refractivity contribution in [2.45, 2.75) is 57.3 Å². The van der Waals surface area contributed by atoms with Gasteiger partial charge in [0.05, 0.1) is 0 Å². The van der Waals surface area contributed by atoms with Crippen LogP contribution in [0.15, 0.2) is 30.3 Å². The van der Waals surface area contributed by atoms with Gasteiger partial charge in [-0.15, -0.1) is 0 Å². The molecule has 0 unspecified atom stereocenters. The van der Waals surface area contributed by atoms with Gasteiger partial charge >= 0.3 is 0 Å². The van der Waals surface area contributed by atoms with E-state index in [0.29, 0.717) is 5.92 Å². The van der Waals surface area contributed by atoms with Crippen molar-refractivity contribution in [3.8, 4) is 0 Å². The average Bonchev–Trinajstić information content (AvgIpc) is 2.98. The van der Waals surface area contributed by atoms with E-state index in [-0.39, 0.29) is 0 Å². The lowest BCUT2D eigenvalue weighted by molar-refractivity contribution is 0.429. The highest BCUT2D eigenvalue weighted by molar-refractivity contribution is 5.14. The van der Waals surface area contributed by atoms with Gasteiger partial charge in [-0.3, -0.25) is 5.10 Å². The zero-order valence-corrected chi connectivity index (χ0v) is 12.0. The molecule has 106 valence electrons. The van der Waals surface area contributed by atoms with Crippen LogP contribution in [0.25, 0.3) is 0 Å². The summed E-state index contributed by atoms with van der Waals surface area (Å²) in [7, 11) is 0. The third kappa shape index (κ3) is 3.47. The van der Waals surface area contributed by atoms with E-state index >= 15 is 0 Å². The minimum Gasteiger partial charge on any atom is -0.263 e. The highest BCUT2D eigenvalue weighted by Gasteiger charge is 2.19. The highest BCUT2D eigenvalue weighted by Crippen LogP contribution is 2.30. The normalized spacial score (nSPS) is 16.4. The molecule has 3 heteroatoms. The Kier molecular flexibility index (Phi) is 4.46. The molecule has 3 rings (SSSR count). The van der Waals surface area contributed by atoms with Gasteiger partial charge in [-0.1, -0.05) is 49.6 Å². The summed E-state index contributed by atoms with van der Waals surface area (Å²) in [5, 5.41) is 7.56. The summed E-state index contributed by atoms with van der Waals surface area (Å²) >= 11 is 0. The van der Waals surface area contributed by atoms with Gasteiger partial charge in [0.1, 0.15) is 5.82 Å². The maximum atomic E-state index is 4.70. The Bertz CT molecular complexity index is 512. The number of rotatable bonds is 5. The summed E-state index contributed by atoms with van der Waals surface area (Å²) < 4.78 is 0. The van der Waals surface area contributed by atoms with E-state index < -0.39 is 0 Å². The third-order valence-electron chi connectivity index (χ3n) is 4.24. The van der Waals surface area contributed by atoms with E-state index in [0.717, 1.165) is 30.9 Å². The van der Waals surface area contributed by atoms with Crippen molar-refractivity contribution in [3.63, 3.8) is 0 Å². The Balaban J connectivity index is 1.50. The number of nitrogens with one attached hydrogen (secondary N) is 1. The van der Waals surface area contributed by atoms with Crippen molar-refractivity contribution in [2.24, 2.45) is 0 Å². The molecule has 20 heavy (non-hydrogen) atoms. The van der Waals surface area contributed by atoms with Crippen LogP contribution >= 0.6 is 0 Å². The Morgan fingerprint density at radius 3 is 2.60 bits per heavy atom. The Morgan fingerprint density at radius 1 is 1.00 bits per heavy atom. The smallest absolute Gasteiger partial charge is 0.153 e. The van der Waals surface area contributed by atoms with Crippen LogP contribution in [0.3, 0.4) is 0 Å². The number of aromatic nitrogens is 3. The molecule has 1 N–H and O–H groups in total. The fraction of sp³-hybridized carbons (Fsp3) is 0.529. The van der Waals surface area contributed by atoms with Crippen molar-refractivity contribution in [3.05, 3.63) is 47.5 Å². The summed E-state index contributed by atoms with van der Waals surface area (Å²) in [6, 6.07) is 10.6. The molecule has 1 aliphatic carbocycles. The molecule has 0 radical (unpaired) electrons. The van der Waals surface area contributed by atoms with Crippen LogP contribution in [0.2, 0.25) is 0 Å². The van der Waals surface area contributed by atoms with Crippen LogP contribution in [-0.4, -0.2) is 15.2 Å². The number of nitrogens with zero attached hydrogens (tertiary/aromatic N) is 2. The number of H-pyrrole nitrogens is 1.